The first kappa shape index (κ1) is 21.2. The van der Waals surface area contributed by atoms with E-state index in [1.54, 1.807) is 12.1 Å². The van der Waals surface area contributed by atoms with E-state index in [4.69, 9.17) is 32.5 Å². The number of nitrogens with two attached hydrogens (primary N) is 2. The van der Waals surface area contributed by atoms with Crippen molar-refractivity contribution in [3.8, 4) is 22.6 Å². The molecule has 1 aliphatic rings. The van der Waals surface area contributed by atoms with Crippen LogP contribution in [0.25, 0.3) is 11.1 Å². The lowest BCUT2D eigenvalue weighted by Gasteiger charge is -2.33. The molecule has 0 saturated carbocycles. The Morgan fingerprint density at radius 3 is 2.48 bits per heavy atom. The third-order valence-corrected chi connectivity index (χ3v) is 6.11. The molecule has 2 atom stereocenters. The van der Waals surface area contributed by atoms with Crippen LogP contribution in [0.15, 0.2) is 54.6 Å². The van der Waals surface area contributed by atoms with E-state index in [1.807, 2.05) is 37.3 Å². The van der Waals surface area contributed by atoms with Gasteiger partial charge in [0, 0.05) is 34.2 Å². The molecule has 0 bridgehead atoms. The van der Waals surface area contributed by atoms with Gasteiger partial charge in [0.15, 0.2) is 17.2 Å². The number of carbonyl (C=O) groups is 1. The predicted molar refractivity (Wildman–Crippen MR) is 118 cm³/mol. The summed E-state index contributed by atoms with van der Waals surface area (Å²) in [5.74, 6) is -0.981. The van der Waals surface area contributed by atoms with Crippen LogP contribution in [0.2, 0.25) is 5.02 Å². The number of ether oxygens (including phenoxy) is 2. The van der Waals surface area contributed by atoms with Crippen molar-refractivity contribution >= 4 is 17.5 Å². The molecule has 160 valence electrons. The van der Waals surface area contributed by atoms with Crippen molar-refractivity contribution in [1.82, 2.24) is 0 Å². The lowest BCUT2D eigenvalue weighted by Crippen LogP contribution is -2.47. The van der Waals surface area contributed by atoms with Gasteiger partial charge in [-0.3, -0.25) is 4.79 Å². The maximum absolute atomic E-state index is 15.4. The van der Waals surface area contributed by atoms with Gasteiger partial charge in [0.2, 0.25) is 5.91 Å². The van der Waals surface area contributed by atoms with Crippen LogP contribution in [0, 0.1) is 5.82 Å². The van der Waals surface area contributed by atoms with E-state index in [-0.39, 0.29) is 27.9 Å². The van der Waals surface area contributed by atoms with E-state index in [2.05, 4.69) is 0 Å². The van der Waals surface area contributed by atoms with Crippen LogP contribution in [0.3, 0.4) is 0 Å². The molecule has 0 saturated heterocycles. The number of methoxy groups -OCH3 is 1. The number of primary amides is 1. The van der Waals surface area contributed by atoms with Gasteiger partial charge in [-0.25, -0.2) is 4.39 Å². The first-order valence-electron chi connectivity index (χ1n) is 9.78. The normalized spacial score (nSPS) is 18.2. The molecule has 0 spiro atoms. The Labute approximate surface area is 184 Å². The zero-order valence-corrected chi connectivity index (χ0v) is 17.9. The Balaban J connectivity index is 1.98. The molecule has 4 rings (SSSR count). The fourth-order valence-corrected chi connectivity index (χ4v) is 4.47. The molecule has 0 radical (unpaired) electrons. The highest BCUT2D eigenvalue weighted by molar-refractivity contribution is 6.34. The molecule has 31 heavy (non-hydrogen) atoms. The second kappa shape index (κ2) is 7.87. The summed E-state index contributed by atoms with van der Waals surface area (Å²) in [6, 6.07) is 15.4. The minimum atomic E-state index is -0.870. The molecule has 4 N–H and O–H groups in total. The number of halogens is 2. The van der Waals surface area contributed by atoms with Crippen molar-refractivity contribution < 1.29 is 18.7 Å². The lowest BCUT2D eigenvalue weighted by molar-refractivity contribution is 0.0686. The van der Waals surface area contributed by atoms with Crippen molar-refractivity contribution in [2.75, 3.05) is 7.11 Å². The van der Waals surface area contributed by atoms with Gasteiger partial charge in [-0.05, 0) is 36.8 Å². The Bertz CT molecular complexity index is 1170. The maximum atomic E-state index is 15.4. The maximum Gasteiger partial charge on any atom is 0.249 e. The number of carbonyl (C=O) groups excluding carboxylic acids is 1. The summed E-state index contributed by atoms with van der Waals surface area (Å²) < 4.78 is 27.0. The first-order valence-corrected chi connectivity index (χ1v) is 10.2. The summed E-state index contributed by atoms with van der Waals surface area (Å²) in [7, 11) is 1.35. The molecular weight excluding hydrogens is 419 g/mol. The van der Waals surface area contributed by atoms with Gasteiger partial charge in [-0.1, -0.05) is 41.9 Å². The second-order valence-electron chi connectivity index (χ2n) is 7.59. The van der Waals surface area contributed by atoms with Crippen molar-refractivity contribution in [3.63, 3.8) is 0 Å². The van der Waals surface area contributed by atoms with Crippen LogP contribution in [-0.4, -0.2) is 19.1 Å². The smallest absolute Gasteiger partial charge is 0.249 e. The van der Waals surface area contributed by atoms with Crippen LogP contribution in [0.1, 0.15) is 28.4 Å². The number of amides is 1. The summed E-state index contributed by atoms with van der Waals surface area (Å²) in [6.45, 7) is 1.86. The van der Waals surface area contributed by atoms with Crippen LogP contribution >= 0.6 is 11.6 Å². The number of benzene rings is 3. The van der Waals surface area contributed by atoms with Crippen LogP contribution in [0.4, 0.5) is 4.39 Å². The topological polar surface area (TPSA) is 87.6 Å². The quantitative estimate of drug-likeness (QED) is 0.614. The molecule has 1 amide bonds. The average Bonchev–Trinajstić information content (AvgIpc) is 3.16. The first-order chi connectivity index (χ1) is 14.8. The number of rotatable bonds is 5. The van der Waals surface area contributed by atoms with E-state index in [0.29, 0.717) is 23.3 Å². The highest BCUT2D eigenvalue weighted by Gasteiger charge is 2.46. The highest BCUT2D eigenvalue weighted by Crippen LogP contribution is 2.50. The summed E-state index contributed by atoms with van der Waals surface area (Å²) in [5, 5.41) is 0.269. The van der Waals surface area contributed by atoms with E-state index in [1.165, 1.54) is 19.2 Å². The molecule has 0 aliphatic carbocycles. The largest absolute Gasteiger partial charge is 0.494 e. The summed E-state index contributed by atoms with van der Waals surface area (Å²) in [4.78, 5) is 12.1. The van der Waals surface area contributed by atoms with Gasteiger partial charge in [0.05, 0.1) is 12.7 Å². The van der Waals surface area contributed by atoms with Gasteiger partial charge in [-0.15, -0.1) is 0 Å². The molecule has 5 nitrogen and oxygen atoms in total. The molecule has 0 fully saturated rings. The SMILES string of the molecule is COc1ccc(C(N)=O)c(-c2c(Cl)ccc3c2C[C@](c2ccccc2)(C(C)N)O3)c1F. The molecule has 0 aromatic heterocycles. The fourth-order valence-electron chi connectivity index (χ4n) is 4.20. The van der Waals surface area contributed by atoms with Crippen molar-refractivity contribution in [1.29, 1.82) is 0 Å². The van der Waals surface area contributed by atoms with Gasteiger partial charge in [0.1, 0.15) is 5.75 Å². The van der Waals surface area contributed by atoms with Gasteiger partial charge in [0.25, 0.3) is 0 Å². The Hall–Kier alpha value is -3.09. The number of fused-ring (bicyclic) bond motifs is 1. The average molecular weight is 441 g/mol. The number of hydrogen-bond acceptors (Lipinski definition) is 4. The van der Waals surface area contributed by atoms with E-state index in [0.717, 1.165) is 5.56 Å². The highest BCUT2D eigenvalue weighted by atomic mass is 35.5. The molecule has 3 aromatic carbocycles. The van der Waals surface area contributed by atoms with Gasteiger partial charge < -0.3 is 20.9 Å². The Morgan fingerprint density at radius 2 is 1.87 bits per heavy atom. The summed E-state index contributed by atoms with van der Waals surface area (Å²) in [5.41, 5.74) is 13.0. The van der Waals surface area contributed by atoms with Crippen molar-refractivity contribution in [2.24, 2.45) is 11.5 Å². The third kappa shape index (κ3) is 3.32. The monoisotopic (exact) mass is 440 g/mol. The Kier molecular flexibility index (Phi) is 5.37. The predicted octanol–water partition coefficient (Wildman–Crippen LogP) is 4.43. The summed E-state index contributed by atoms with van der Waals surface area (Å²) >= 11 is 6.56. The minimum Gasteiger partial charge on any atom is -0.494 e. The second-order valence-corrected chi connectivity index (χ2v) is 8.00. The van der Waals surface area contributed by atoms with Crippen molar-refractivity contribution in [3.05, 3.63) is 82.1 Å². The zero-order valence-electron chi connectivity index (χ0n) is 17.1. The molecule has 1 aliphatic heterocycles. The molecular formula is C24H22ClFN2O3. The van der Waals surface area contributed by atoms with Crippen LogP contribution in [0.5, 0.6) is 11.5 Å². The lowest BCUT2D eigenvalue weighted by atomic mass is 9.81. The molecule has 1 unspecified atom stereocenters. The van der Waals surface area contributed by atoms with E-state index < -0.39 is 17.3 Å². The standard InChI is InChI=1S/C24H22ClFN2O3/c1-13(27)24(14-6-4-3-5-7-14)12-16-18(31-24)11-9-17(25)20(16)21-15(23(28)29)8-10-19(30-2)22(21)26/h3-11,13H,12,27H2,1-2H3,(H2,28,29)/t13?,24-/m1/s1. The third-order valence-electron chi connectivity index (χ3n) is 5.79. The Morgan fingerprint density at radius 1 is 1.16 bits per heavy atom. The van der Waals surface area contributed by atoms with E-state index >= 15 is 4.39 Å². The van der Waals surface area contributed by atoms with Gasteiger partial charge >= 0.3 is 0 Å². The fraction of sp³-hybridized carbons (Fsp3) is 0.208. The van der Waals surface area contributed by atoms with E-state index in [9.17, 15) is 4.79 Å². The molecule has 1 heterocycles. The number of hydrogen-bond donors (Lipinski definition) is 2. The minimum absolute atomic E-state index is 0.00612. The van der Waals surface area contributed by atoms with Crippen LogP contribution in [-0.2, 0) is 12.0 Å². The van der Waals surface area contributed by atoms with Crippen molar-refractivity contribution in [2.45, 2.75) is 25.0 Å². The summed E-state index contributed by atoms with van der Waals surface area (Å²) in [6.07, 6.45) is 0.342. The molecule has 7 heteroatoms. The van der Waals surface area contributed by atoms with Crippen LogP contribution < -0.4 is 20.9 Å². The molecule has 3 aromatic rings. The zero-order chi connectivity index (χ0) is 22.3. The van der Waals surface area contributed by atoms with Gasteiger partial charge in [-0.2, -0.15) is 0 Å².